The number of halogens is 3. The van der Waals surface area contributed by atoms with Crippen molar-refractivity contribution in [1.82, 2.24) is 4.90 Å². The van der Waals surface area contributed by atoms with Crippen LogP contribution in [0.25, 0.3) is 0 Å². The predicted octanol–water partition coefficient (Wildman–Crippen LogP) is 3.06. The lowest BCUT2D eigenvalue weighted by atomic mass is 10.2. The Morgan fingerprint density at radius 1 is 1.25 bits per heavy atom. The van der Waals surface area contributed by atoms with Crippen molar-refractivity contribution in [3.63, 3.8) is 0 Å². The molecule has 16 heavy (non-hydrogen) atoms. The number of carbonyl (C=O) groups is 1. The molecular formula is C11H12F3NO. The average molecular weight is 231 g/mol. The third-order valence-corrected chi connectivity index (χ3v) is 2.02. The highest BCUT2D eigenvalue weighted by Gasteiger charge is 2.40. The minimum Gasteiger partial charge on any atom is -0.269 e. The first-order chi connectivity index (χ1) is 7.46. The van der Waals surface area contributed by atoms with Gasteiger partial charge < -0.3 is 0 Å². The quantitative estimate of drug-likeness (QED) is 0.732. The SMILES string of the molecule is CCCN(C(=O)c1ccccc1)C(F)(F)F. The van der Waals surface area contributed by atoms with Crippen molar-refractivity contribution < 1.29 is 18.0 Å². The Morgan fingerprint density at radius 2 is 1.81 bits per heavy atom. The van der Waals surface area contributed by atoms with Gasteiger partial charge in [-0.1, -0.05) is 25.1 Å². The molecule has 0 heterocycles. The number of alkyl halides is 3. The van der Waals surface area contributed by atoms with Crippen LogP contribution in [0.4, 0.5) is 13.2 Å². The first-order valence-corrected chi connectivity index (χ1v) is 4.90. The van der Waals surface area contributed by atoms with E-state index >= 15 is 0 Å². The van der Waals surface area contributed by atoms with Gasteiger partial charge in [0.25, 0.3) is 5.91 Å². The van der Waals surface area contributed by atoms with Gasteiger partial charge >= 0.3 is 6.30 Å². The predicted molar refractivity (Wildman–Crippen MR) is 53.8 cm³/mol. The van der Waals surface area contributed by atoms with Gasteiger partial charge in [-0.25, -0.2) is 4.90 Å². The number of benzene rings is 1. The van der Waals surface area contributed by atoms with Crippen LogP contribution in [0.15, 0.2) is 30.3 Å². The monoisotopic (exact) mass is 231 g/mol. The van der Waals surface area contributed by atoms with E-state index < -0.39 is 12.2 Å². The van der Waals surface area contributed by atoms with Crippen LogP contribution >= 0.6 is 0 Å². The zero-order chi connectivity index (χ0) is 12.2. The molecule has 1 aromatic carbocycles. The van der Waals surface area contributed by atoms with Gasteiger partial charge in [0.05, 0.1) is 0 Å². The van der Waals surface area contributed by atoms with Crippen LogP contribution in [0.1, 0.15) is 23.7 Å². The number of nitrogens with zero attached hydrogens (tertiary/aromatic N) is 1. The molecule has 1 amide bonds. The van der Waals surface area contributed by atoms with Crippen molar-refractivity contribution in [2.45, 2.75) is 19.6 Å². The van der Waals surface area contributed by atoms with E-state index in [4.69, 9.17) is 0 Å². The lowest BCUT2D eigenvalue weighted by Crippen LogP contribution is -2.43. The van der Waals surface area contributed by atoms with Crippen LogP contribution in [-0.4, -0.2) is 23.7 Å². The largest absolute Gasteiger partial charge is 0.487 e. The van der Waals surface area contributed by atoms with Gasteiger partial charge in [0.2, 0.25) is 0 Å². The molecule has 0 aliphatic carbocycles. The van der Waals surface area contributed by atoms with Gasteiger partial charge in [0.15, 0.2) is 0 Å². The molecule has 0 saturated heterocycles. The lowest BCUT2D eigenvalue weighted by molar-refractivity contribution is -0.224. The normalized spacial score (nSPS) is 11.2. The highest BCUT2D eigenvalue weighted by Crippen LogP contribution is 2.23. The fraction of sp³-hybridized carbons (Fsp3) is 0.364. The molecule has 0 fully saturated rings. The van der Waals surface area contributed by atoms with Crippen molar-refractivity contribution in [1.29, 1.82) is 0 Å². The number of rotatable bonds is 3. The third kappa shape index (κ3) is 2.98. The summed E-state index contributed by atoms with van der Waals surface area (Å²) in [5.41, 5.74) is 0.0493. The molecule has 1 aromatic rings. The van der Waals surface area contributed by atoms with Gasteiger partial charge in [-0.05, 0) is 18.6 Å². The highest BCUT2D eigenvalue weighted by molar-refractivity contribution is 5.94. The molecule has 0 atom stereocenters. The number of hydrogen-bond donors (Lipinski definition) is 0. The second-order valence-electron chi connectivity index (χ2n) is 3.29. The Morgan fingerprint density at radius 3 is 2.25 bits per heavy atom. The van der Waals surface area contributed by atoms with Gasteiger partial charge in [-0.2, -0.15) is 0 Å². The van der Waals surface area contributed by atoms with Gasteiger partial charge in [0.1, 0.15) is 0 Å². The Balaban J connectivity index is 2.92. The van der Waals surface area contributed by atoms with Crippen molar-refractivity contribution in [3.05, 3.63) is 35.9 Å². The smallest absolute Gasteiger partial charge is 0.269 e. The summed E-state index contributed by atoms with van der Waals surface area (Å²) < 4.78 is 37.6. The molecule has 0 aliphatic heterocycles. The molecule has 1 rings (SSSR count). The Hall–Kier alpha value is -1.52. The number of carbonyl (C=O) groups excluding carboxylic acids is 1. The number of hydrogen-bond acceptors (Lipinski definition) is 1. The first-order valence-electron chi connectivity index (χ1n) is 4.90. The maximum Gasteiger partial charge on any atom is 0.487 e. The van der Waals surface area contributed by atoms with E-state index in [1.807, 2.05) is 0 Å². The van der Waals surface area contributed by atoms with E-state index in [-0.39, 0.29) is 23.4 Å². The van der Waals surface area contributed by atoms with E-state index in [9.17, 15) is 18.0 Å². The van der Waals surface area contributed by atoms with Crippen LogP contribution in [0.2, 0.25) is 0 Å². The van der Waals surface area contributed by atoms with Crippen molar-refractivity contribution in [2.75, 3.05) is 6.54 Å². The van der Waals surface area contributed by atoms with Gasteiger partial charge in [-0.15, -0.1) is 13.2 Å². The zero-order valence-corrected chi connectivity index (χ0v) is 8.79. The number of amides is 1. The Bertz CT molecular complexity index is 348. The maximum absolute atomic E-state index is 12.5. The van der Waals surface area contributed by atoms with Crippen molar-refractivity contribution >= 4 is 5.91 Å². The molecule has 0 spiro atoms. The Labute approximate surface area is 91.7 Å². The summed E-state index contributed by atoms with van der Waals surface area (Å²) in [4.78, 5) is 11.5. The zero-order valence-electron chi connectivity index (χ0n) is 8.79. The molecule has 0 saturated carbocycles. The summed E-state index contributed by atoms with van der Waals surface area (Å²) in [6.07, 6.45) is -4.36. The fourth-order valence-electron chi connectivity index (χ4n) is 1.30. The molecule has 0 aromatic heterocycles. The lowest BCUT2D eigenvalue weighted by Gasteiger charge is -2.24. The first kappa shape index (κ1) is 12.5. The van der Waals surface area contributed by atoms with Crippen LogP contribution in [0, 0.1) is 0 Å². The molecule has 0 unspecified atom stereocenters. The minimum absolute atomic E-state index is 0.0493. The second-order valence-corrected chi connectivity index (χ2v) is 3.29. The third-order valence-electron chi connectivity index (χ3n) is 2.02. The maximum atomic E-state index is 12.5. The fourth-order valence-corrected chi connectivity index (χ4v) is 1.30. The summed E-state index contributed by atoms with van der Waals surface area (Å²) in [5.74, 6) is -1.00. The summed E-state index contributed by atoms with van der Waals surface area (Å²) in [6.45, 7) is 1.27. The summed E-state index contributed by atoms with van der Waals surface area (Å²) in [6, 6.07) is 7.46. The summed E-state index contributed by atoms with van der Waals surface area (Å²) in [5, 5.41) is 0. The Kier molecular flexibility index (Phi) is 3.93. The summed E-state index contributed by atoms with van der Waals surface area (Å²) >= 11 is 0. The van der Waals surface area contributed by atoms with Crippen molar-refractivity contribution in [2.24, 2.45) is 0 Å². The van der Waals surface area contributed by atoms with E-state index in [0.717, 1.165) is 0 Å². The summed E-state index contributed by atoms with van der Waals surface area (Å²) in [7, 11) is 0. The molecule has 2 nitrogen and oxygen atoms in total. The van der Waals surface area contributed by atoms with Crippen molar-refractivity contribution in [3.8, 4) is 0 Å². The highest BCUT2D eigenvalue weighted by atomic mass is 19.4. The molecular weight excluding hydrogens is 219 g/mol. The molecule has 5 heteroatoms. The minimum atomic E-state index is -4.62. The molecule has 0 N–H and O–H groups in total. The molecule has 88 valence electrons. The van der Waals surface area contributed by atoms with E-state index in [1.54, 1.807) is 13.0 Å². The molecule has 0 radical (unpaired) electrons. The standard InChI is InChI=1S/C11H12F3NO/c1-2-8-15(11(12,13)14)10(16)9-6-4-3-5-7-9/h3-7H,2,8H2,1H3. The van der Waals surface area contributed by atoms with Crippen LogP contribution in [0.3, 0.4) is 0 Å². The van der Waals surface area contributed by atoms with E-state index in [0.29, 0.717) is 0 Å². The van der Waals surface area contributed by atoms with Crippen LogP contribution in [-0.2, 0) is 0 Å². The molecule has 0 bridgehead atoms. The van der Waals surface area contributed by atoms with E-state index in [1.165, 1.54) is 24.3 Å². The van der Waals surface area contributed by atoms with Crippen LogP contribution < -0.4 is 0 Å². The van der Waals surface area contributed by atoms with Gasteiger partial charge in [-0.3, -0.25) is 4.79 Å². The molecule has 0 aliphatic rings. The van der Waals surface area contributed by atoms with Crippen LogP contribution in [0.5, 0.6) is 0 Å². The van der Waals surface area contributed by atoms with Gasteiger partial charge in [0, 0.05) is 12.1 Å². The second kappa shape index (κ2) is 5.01. The average Bonchev–Trinajstić information content (AvgIpc) is 2.25. The topological polar surface area (TPSA) is 20.3 Å². The van der Waals surface area contributed by atoms with E-state index in [2.05, 4.69) is 0 Å².